The zero-order chi connectivity index (χ0) is 11.7. The van der Waals surface area contributed by atoms with Gasteiger partial charge in [0.25, 0.3) is 0 Å². The van der Waals surface area contributed by atoms with Crippen molar-refractivity contribution in [3.8, 4) is 11.5 Å². The molecule has 0 fully saturated rings. The zero-order valence-electron chi connectivity index (χ0n) is 9.15. The van der Waals surface area contributed by atoms with E-state index in [9.17, 15) is 9.90 Å². The van der Waals surface area contributed by atoms with E-state index in [1.54, 1.807) is 19.2 Å². The molecule has 0 bridgehead atoms. The number of carbonyl (C=O) groups excluding carboxylic acids is 1. The van der Waals surface area contributed by atoms with E-state index in [0.29, 0.717) is 5.56 Å². The van der Waals surface area contributed by atoms with Gasteiger partial charge in [0.1, 0.15) is 11.5 Å². The molecule has 0 atom stereocenters. The Balaban J connectivity index is 2.68. The number of aromatic hydroxyl groups is 1. The van der Waals surface area contributed by atoms with Crippen molar-refractivity contribution in [2.45, 2.75) is 6.92 Å². The Morgan fingerprint density at radius 3 is 2.56 bits per heavy atom. The van der Waals surface area contributed by atoms with Crippen molar-refractivity contribution >= 4 is 16.6 Å². The molecule has 0 aliphatic carbocycles. The first kappa shape index (κ1) is 10.5. The summed E-state index contributed by atoms with van der Waals surface area (Å²) in [4.78, 5) is 11.2. The van der Waals surface area contributed by atoms with E-state index in [2.05, 4.69) is 0 Å². The average molecular weight is 216 g/mol. The topological polar surface area (TPSA) is 46.5 Å². The quantitative estimate of drug-likeness (QED) is 0.785. The molecule has 0 spiro atoms. The highest BCUT2D eigenvalue weighted by Gasteiger charge is 2.08. The highest BCUT2D eigenvalue weighted by Crippen LogP contribution is 2.28. The van der Waals surface area contributed by atoms with Gasteiger partial charge in [0.05, 0.1) is 12.7 Å². The fourth-order valence-electron chi connectivity index (χ4n) is 1.67. The van der Waals surface area contributed by atoms with Gasteiger partial charge in [-0.2, -0.15) is 0 Å². The molecule has 1 N–H and O–H groups in total. The number of hydrogen-bond acceptors (Lipinski definition) is 3. The minimum Gasteiger partial charge on any atom is -0.507 e. The Morgan fingerprint density at radius 1 is 1.19 bits per heavy atom. The molecule has 0 radical (unpaired) electrons. The summed E-state index contributed by atoms with van der Waals surface area (Å²) in [6, 6.07) is 8.77. The number of hydrogen-bond donors (Lipinski definition) is 1. The molecule has 0 unspecified atom stereocenters. The number of rotatable bonds is 2. The number of ether oxygens (including phenoxy) is 1. The van der Waals surface area contributed by atoms with E-state index in [0.717, 1.165) is 16.5 Å². The van der Waals surface area contributed by atoms with Crippen LogP contribution in [-0.4, -0.2) is 18.0 Å². The van der Waals surface area contributed by atoms with E-state index in [1.807, 2.05) is 18.2 Å². The Labute approximate surface area is 93.3 Å². The van der Waals surface area contributed by atoms with E-state index in [4.69, 9.17) is 4.74 Å². The van der Waals surface area contributed by atoms with Crippen LogP contribution in [-0.2, 0) is 0 Å². The SMILES string of the molecule is COc1ccc2cc(C(C)=O)c(O)cc2c1. The molecule has 2 aromatic rings. The molecule has 0 aliphatic rings. The zero-order valence-corrected chi connectivity index (χ0v) is 9.15. The van der Waals surface area contributed by atoms with Gasteiger partial charge in [-0.05, 0) is 42.0 Å². The van der Waals surface area contributed by atoms with Crippen LogP contribution in [0.15, 0.2) is 30.3 Å². The van der Waals surface area contributed by atoms with Crippen LogP contribution in [0.4, 0.5) is 0 Å². The summed E-state index contributed by atoms with van der Waals surface area (Å²) < 4.78 is 5.09. The summed E-state index contributed by atoms with van der Waals surface area (Å²) in [5.41, 5.74) is 0.345. The second kappa shape index (κ2) is 3.85. The Bertz CT molecular complexity index is 558. The smallest absolute Gasteiger partial charge is 0.163 e. The number of phenolic OH excluding ortho intramolecular Hbond substituents is 1. The lowest BCUT2D eigenvalue weighted by molar-refractivity contribution is 0.101. The monoisotopic (exact) mass is 216 g/mol. The molecule has 0 aliphatic heterocycles. The largest absolute Gasteiger partial charge is 0.507 e. The van der Waals surface area contributed by atoms with Crippen LogP contribution in [0.2, 0.25) is 0 Å². The van der Waals surface area contributed by atoms with Crippen LogP contribution >= 0.6 is 0 Å². The van der Waals surface area contributed by atoms with Gasteiger partial charge < -0.3 is 9.84 Å². The third-order valence-electron chi connectivity index (χ3n) is 2.54. The molecule has 16 heavy (non-hydrogen) atoms. The molecule has 0 amide bonds. The minimum atomic E-state index is -0.143. The lowest BCUT2D eigenvalue weighted by Crippen LogP contribution is -1.92. The maximum Gasteiger partial charge on any atom is 0.163 e. The van der Waals surface area contributed by atoms with E-state index in [1.165, 1.54) is 6.92 Å². The first-order valence-electron chi connectivity index (χ1n) is 4.93. The van der Waals surface area contributed by atoms with Crippen molar-refractivity contribution in [2.75, 3.05) is 7.11 Å². The van der Waals surface area contributed by atoms with Crippen molar-refractivity contribution in [3.63, 3.8) is 0 Å². The Kier molecular flexibility index (Phi) is 2.52. The van der Waals surface area contributed by atoms with Crippen molar-refractivity contribution in [1.82, 2.24) is 0 Å². The maximum atomic E-state index is 11.2. The third kappa shape index (κ3) is 1.72. The summed E-state index contributed by atoms with van der Waals surface area (Å²) in [6.07, 6.45) is 0. The second-order valence-electron chi connectivity index (χ2n) is 3.64. The van der Waals surface area contributed by atoms with Crippen molar-refractivity contribution in [3.05, 3.63) is 35.9 Å². The molecule has 2 rings (SSSR count). The van der Waals surface area contributed by atoms with Crippen LogP contribution in [0, 0.1) is 0 Å². The summed E-state index contributed by atoms with van der Waals surface area (Å²) in [7, 11) is 1.59. The highest BCUT2D eigenvalue weighted by molar-refractivity contribution is 6.01. The molecule has 2 aromatic carbocycles. The molecule has 82 valence electrons. The van der Waals surface area contributed by atoms with Crippen LogP contribution in [0.1, 0.15) is 17.3 Å². The van der Waals surface area contributed by atoms with Gasteiger partial charge in [-0.25, -0.2) is 0 Å². The molecular weight excluding hydrogens is 204 g/mol. The Morgan fingerprint density at radius 2 is 1.94 bits per heavy atom. The van der Waals surface area contributed by atoms with Gasteiger partial charge in [0.15, 0.2) is 5.78 Å². The molecule has 0 aromatic heterocycles. The highest BCUT2D eigenvalue weighted by atomic mass is 16.5. The van der Waals surface area contributed by atoms with Gasteiger partial charge in [-0.1, -0.05) is 6.07 Å². The molecule has 3 heteroatoms. The number of phenols is 1. The number of benzene rings is 2. The maximum absolute atomic E-state index is 11.2. The van der Waals surface area contributed by atoms with E-state index < -0.39 is 0 Å². The van der Waals surface area contributed by atoms with Gasteiger partial charge in [-0.15, -0.1) is 0 Å². The standard InChI is InChI=1S/C13H12O3/c1-8(14)12-6-9-3-4-11(16-2)5-10(9)7-13(12)15/h3-7,15H,1-2H3. The van der Waals surface area contributed by atoms with Crippen molar-refractivity contribution in [2.24, 2.45) is 0 Å². The fraction of sp³-hybridized carbons (Fsp3) is 0.154. The van der Waals surface area contributed by atoms with Gasteiger partial charge in [0, 0.05) is 0 Å². The molecule has 0 heterocycles. The fourth-order valence-corrected chi connectivity index (χ4v) is 1.67. The van der Waals surface area contributed by atoms with Crippen LogP contribution in [0.5, 0.6) is 11.5 Å². The first-order chi connectivity index (χ1) is 7.61. The number of carbonyl (C=O) groups is 1. The van der Waals surface area contributed by atoms with Crippen molar-refractivity contribution in [1.29, 1.82) is 0 Å². The molecule has 3 nitrogen and oxygen atoms in total. The second-order valence-corrected chi connectivity index (χ2v) is 3.64. The lowest BCUT2D eigenvalue weighted by atomic mass is 10.0. The van der Waals surface area contributed by atoms with E-state index in [-0.39, 0.29) is 11.5 Å². The predicted molar refractivity (Wildman–Crippen MR) is 62.2 cm³/mol. The van der Waals surface area contributed by atoms with Gasteiger partial charge >= 0.3 is 0 Å². The van der Waals surface area contributed by atoms with Crippen LogP contribution in [0.25, 0.3) is 10.8 Å². The minimum absolute atomic E-state index is 0.00764. The number of methoxy groups -OCH3 is 1. The molecule has 0 saturated carbocycles. The molecule has 0 saturated heterocycles. The van der Waals surface area contributed by atoms with Crippen LogP contribution < -0.4 is 4.74 Å². The average Bonchev–Trinajstić information content (AvgIpc) is 2.27. The summed E-state index contributed by atoms with van der Waals surface area (Å²) in [5, 5.41) is 11.4. The lowest BCUT2D eigenvalue weighted by Gasteiger charge is -2.06. The van der Waals surface area contributed by atoms with E-state index >= 15 is 0 Å². The van der Waals surface area contributed by atoms with Gasteiger partial charge in [0.2, 0.25) is 0 Å². The number of Topliss-reactive ketones (excluding diaryl/α,β-unsaturated/α-hetero) is 1. The van der Waals surface area contributed by atoms with Gasteiger partial charge in [-0.3, -0.25) is 4.79 Å². The predicted octanol–water partition coefficient (Wildman–Crippen LogP) is 2.76. The molecular formula is C13H12O3. The van der Waals surface area contributed by atoms with Crippen molar-refractivity contribution < 1.29 is 14.6 Å². The van der Waals surface area contributed by atoms with Crippen LogP contribution in [0.3, 0.4) is 0 Å². The summed E-state index contributed by atoms with van der Waals surface area (Å²) in [5.74, 6) is 0.589. The Hall–Kier alpha value is -2.03. The third-order valence-corrected chi connectivity index (χ3v) is 2.54. The number of ketones is 1. The number of fused-ring (bicyclic) bond motifs is 1. The first-order valence-corrected chi connectivity index (χ1v) is 4.93. The summed E-state index contributed by atoms with van der Waals surface area (Å²) in [6.45, 7) is 1.43. The normalized spacial score (nSPS) is 10.4. The summed E-state index contributed by atoms with van der Waals surface area (Å²) >= 11 is 0.